The Morgan fingerprint density at radius 1 is 1.15 bits per heavy atom. The Morgan fingerprint density at radius 3 is 2.25 bits per heavy atom. The van der Waals surface area contributed by atoms with Gasteiger partial charge >= 0.3 is 0 Å². The van der Waals surface area contributed by atoms with Gasteiger partial charge in [0.1, 0.15) is 0 Å². The molecule has 5 rings (SSSR count). The van der Waals surface area contributed by atoms with Gasteiger partial charge in [-0.3, -0.25) is 0 Å². The third-order valence-electron chi connectivity index (χ3n) is 5.64. The number of hydrogen-bond donors (Lipinski definition) is 1. The maximum absolute atomic E-state index is 5.30. The Bertz CT molecular complexity index is 458. The maximum Gasteiger partial charge on any atom is 0.229 e. The summed E-state index contributed by atoms with van der Waals surface area (Å²) in [4.78, 5) is 4.49. The van der Waals surface area contributed by atoms with Gasteiger partial charge in [-0.15, -0.1) is 0 Å². The van der Waals surface area contributed by atoms with Crippen molar-refractivity contribution in [2.24, 2.45) is 17.8 Å². The average Bonchev–Trinajstić information content (AvgIpc) is 2.84. The SMILES string of the molecule is CC(C)c1nc(CNC23CC4CC(CC(C4)C2)C3)no1. The van der Waals surface area contributed by atoms with Crippen molar-refractivity contribution in [1.82, 2.24) is 15.5 Å². The van der Waals surface area contributed by atoms with E-state index in [0.29, 0.717) is 11.5 Å². The molecule has 0 radical (unpaired) electrons. The monoisotopic (exact) mass is 275 g/mol. The molecule has 4 heteroatoms. The summed E-state index contributed by atoms with van der Waals surface area (Å²) in [7, 11) is 0. The Hall–Kier alpha value is -0.900. The van der Waals surface area contributed by atoms with Gasteiger partial charge in [0.25, 0.3) is 0 Å². The molecule has 4 fully saturated rings. The maximum atomic E-state index is 5.30. The molecule has 0 aliphatic heterocycles. The molecule has 20 heavy (non-hydrogen) atoms. The standard InChI is InChI=1S/C16H25N3O/c1-10(2)15-18-14(19-20-15)9-17-16-6-11-3-12(7-16)5-13(4-11)8-16/h10-13,17H,3-9H2,1-2H3. The quantitative estimate of drug-likeness (QED) is 0.916. The number of nitrogens with zero attached hydrogens (tertiary/aromatic N) is 2. The summed E-state index contributed by atoms with van der Waals surface area (Å²) in [5, 5.41) is 7.92. The van der Waals surface area contributed by atoms with Crippen LogP contribution in [0.15, 0.2) is 4.52 Å². The Morgan fingerprint density at radius 2 is 1.75 bits per heavy atom. The molecule has 0 amide bonds. The number of rotatable bonds is 4. The number of nitrogens with one attached hydrogen (secondary N) is 1. The third-order valence-corrected chi connectivity index (χ3v) is 5.64. The summed E-state index contributed by atoms with van der Waals surface area (Å²) >= 11 is 0. The minimum absolute atomic E-state index is 0.316. The lowest BCUT2D eigenvalue weighted by Gasteiger charge is -2.57. The molecule has 1 aromatic heterocycles. The van der Waals surface area contributed by atoms with E-state index >= 15 is 0 Å². The molecule has 4 aliphatic rings. The van der Waals surface area contributed by atoms with E-state index in [4.69, 9.17) is 4.52 Å². The lowest BCUT2D eigenvalue weighted by atomic mass is 9.53. The molecule has 0 unspecified atom stereocenters. The van der Waals surface area contributed by atoms with E-state index in [1.807, 2.05) is 0 Å². The van der Waals surface area contributed by atoms with Crippen LogP contribution in [0, 0.1) is 17.8 Å². The van der Waals surface area contributed by atoms with Crippen LogP contribution in [0.5, 0.6) is 0 Å². The topological polar surface area (TPSA) is 51.0 Å². The predicted octanol–water partition coefficient (Wildman–Crippen LogP) is 3.25. The van der Waals surface area contributed by atoms with Crippen molar-refractivity contribution < 1.29 is 4.52 Å². The summed E-state index contributed by atoms with van der Waals surface area (Å²) in [6, 6.07) is 0. The smallest absolute Gasteiger partial charge is 0.229 e. The van der Waals surface area contributed by atoms with E-state index in [9.17, 15) is 0 Å². The number of aromatic nitrogens is 2. The van der Waals surface area contributed by atoms with Gasteiger partial charge in [0, 0.05) is 11.5 Å². The Labute approximate surface area is 120 Å². The van der Waals surface area contributed by atoms with Crippen LogP contribution in [0.4, 0.5) is 0 Å². The molecule has 4 aliphatic carbocycles. The fraction of sp³-hybridized carbons (Fsp3) is 0.875. The van der Waals surface area contributed by atoms with Crippen LogP contribution in [0.2, 0.25) is 0 Å². The molecule has 1 heterocycles. The lowest BCUT2D eigenvalue weighted by molar-refractivity contribution is -0.0209. The molecule has 110 valence electrons. The summed E-state index contributed by atoms with van der Waals surface area (Å²) in [6.07, 6.45) is 8.57. The molecule has 0 aromatic carbocycles. The van der Waals surface area contributed by atoms with Crippen LogP contribution in [0.1, 0.15) is 70.0 Å². The number of hydrogen-bond acceptors (Lipinski definition) is 4. The Kier molecular flexibility index (Phi) is 2.92. The van der Waals surface area contributed by atoms with E-state index in [1.54, 1.807) is 0 Å². The van der Waals surface area contributed by atoms with Crippen molar-refractivity contribution in [1.29, 1.82) is 0 Å². The summed E-state index contributed by atoms with van der Waals surface area (Å²) in [5.41, 5.74) is 0.382. The third kappa shape index (κ3) is 2.18. The second kappa shape index (κ2) is 4.55. The predicted molar refractivity (Wildman–Crippen MR) is 76.1 cm³/mol. The molecule has 1 aromatic rings. The highest BCUT2D eigenvalue weighted by molar-refractivity contribution is 5.07. The average molecular weight is 275 g/mol. The van der Waals surface area contributed by atoms with Crippen molar-refractivity contribution >= 4 is 0 Å². The zero-order valence-electron chi connectivity index (χ0n) is 12.6. The molecule has 0 saturated heterocycles. The van der Waals surface area contributed by atoms with E-state index in [2.05, 4.69) is 29.3 Å². The van der Waals surface area contributed by atoms with Crippen molar-refractivity contribution in [2.45, 2.75) is 70.4 Å². The van der Waals surface area contributed by atoms with Crippen LogP contribution in [0.3, 0.4) is 0 Å². The minimum atomic E-state index is 0.316. The normalized spacial score (nSPS) is 38.9. The van der Waals surface area contributed by atoms with Crippen molar-refractivity contribution in [3.05, 3.63) is 11.7 Å². The van der Waals surface area contributed by atoms with Gasteiger partial charge in [-0.25, -0.2) is 0 Å². The first-order valence-electron chi connectivity index (χ1n) is 8.19. The van der Waals surface area contributed by atoms with Gasteiger partial charge < -0.3 is 9.84 Å². The van der Waals surface area contributed by atoms with Gasteiger partial charge in [0.15, 0.2) is 5.82 Å². The fourth-order valence-corrected chi connectivity index (χ4v) is 5.17. The lowest BCUT2D eigenvalue weighted by Crippen LogP contribution is -2.58. The fourth-order valence-electron chi connectivity index (χ4n) is 5.17. The second-order valence-electron chi connectivity index (χ2n) is 7.75. The molecule has 0 atom stereocenters. The molecular weight excluding hydrogens is 250 g/mol. The first-order chi connectivity index (χ1) is 9.62. The van der Waals surface area contributed by atoms with E-state index in [0.717, 1.165) is 36.0 Å². The van der Waals surface area contributed by atoms with Crippen molar-refractivity contribution in [2.75, 3.05) is 0 Å². The van der Waals surface area contributed by atoms with Gasteiger partial charge in [-0.1, -0.05) is 19.0 Å². The van der Waals surface area contributed by atoms with Crippen molar-refractivity contribution in [3.8, 4) is 0 Å². The van der Waals surface area contributed by atoms with E-state index in [1.165, 1.54) is 38.5 Å². The molecule has 1 N–H and O–H groups in total. The van der Waals surface area contributed by atoms with Gasteiger partial charge in [0.2, 0.25) is 5.89 Å². The molecule has 4 saturated carbocycles. The highest BCUT2D eigenvalue weighted by Crippen LogP contribution is 2.55. The zero-order chi connectivity index (χ0) is 13.7. The van der Waals surface area contributed by atoms with Gasteiger partial charge in [-0.2, -0.15) is 4.98 Å². The zero-order valence-corrected chi connectivity index (χ0v) is 12.6. The minimum Gasteiger partial charge on any atom is -0.339 e. The highest BCUT2D eigenvalue weighted by atomic mass is 16.5. The molecule has 4 nitrogen and oxygen atoms in total. The molecule has 4 bridgehead atoms. The first kappa shape index (κ1) is 12.8. The summed E-state index contributed by atoms with van der Waals surface area (Å²) in [6.45, 7) is 4.94. The van der Waals surface area contributed by atoms with Crippen LogP contribution in [0.25, 0.3) is 0 Å². The first-order valence-corrected chi connectivity index (χ1v) is 8.19. The van der Waals surface area contributed by atoms with Crippen molar-refractivity contribution in [3.63, 3.8) is 0 Å². The van der Waals surface area contributed by atoms with Crippen LogP contribution >= 0.6 is 0 Å². The van der Waals surface area contributed by atoms with E-state index in [-0.39, 0.29) is 0 Å². The molecule has 0 spiro atoms. The van der Waals surface area contributed by atoms with Gasteiger partial charge in [0.05, 0.1) is 6.54 Å². The van der Waals surface area contributed by atoms with Gasteiger partial charge in [-0.05, 0) is 56.3 Å². The molecular formula is C16H25N3O. The van der Waals surface area contributed by atoms with Crippen LogP contribution in [-0.2, 0) is 6.54 Å². The highest BCUT2D eigenvalue weighted by Gasteiger charge is 2.50. The largest absolute Gasteiger partial charge is 0.339 e. The summed E-state index contributed by atoms with van der Waals surface area (Å²) in [5.74, 6) is 4.83. The van der Waals surface area contributed by atoms with Crippen LogP contribution < -0.4 is 5.32 Å². The second-order valence-corrected chi connectivity index (χ2v) is 7.75. The summed E-state index contributed by atoms with van der Waals surface area (Å²) < 4.78 is 5.30. The van der Waals surface area contributed by atoms with E-state index < -0.39 is 0 Å². The van der Waals surface area contributed by atoms with Crippen LogP contribution in [-0.4, -0.2) is 15.7 Å². The Balaban J connectivity index is 1.43.